The molecule has 3 aromatic rings. The predicted molar refractivity (Wildman–Crippen MR) is 105 cm³/mol. The van der Waals surface area contributed by atoms with Crippen LogP contribution >= 0.6 is 0 Å². The Bertz CT molecular complexity index is 1130. The lowest BCUT2D eigenvalue weighted by Crippen LogP contribution is -2.26. The summed E-state index contributed by atoms with van der Waals surface area (Å²) < 4.78 is 10.5. The van der Waals surface area contributed by atoms with E-state index in [4.69, 9.17) is 15.2 Å². The van der Waals surface area contributed by atoms with E-state index in [1.54, 1.807) is 48.8 Å². The van der Waals surface area contributed by atoms with Crippen LogP contribution in [0.15, 0.2) is 58.6 Å². The van der Waals surface area contributed by atoms with Crippen molar-refractivity contribution in [2.45, 2.75) is 0 Å². The lowest BCUT2D eigenvalue weighted by molar-refractivity contribution is 0.355. The summed E-state index contributed by atoms with van der Waals surface area (Å²) in [7, 11) is 3.05. The van der Waals surface area contributed by atoms with Crippen molar-refractivity contribution in [1.29, 1.82) is 5.26 Å². The van der Waals surface area contributed by atoms with Crippen LogP contribution in [0.3, 0.4) is 0 Å². The van der Waals surface area contributed by atoms with Crippen LogP contribution in [0.25, 0.3) is 11.3 Å². The minimum Gasteiger partial charge on any atom is -0.493 e. The number of aromatic nitrogens is 2. The number of H-pyrrole nitrogens is 1. The monoisotopic (exact) mass is 375 g/mol. The first kappa shape index (κ1) is 18.7. The average Bonchev–Trinajstić information content (AvgIpc) is 2.73. The molecule has 0 fully saturated rings. The van der Waals surface area contributed by atoms with Gasteiger partial charge in [-0.15, -0.1) is 0 Å². The molecule has 28 heavy (non-hydrogen) atoms. The SMILES string of the molecule is COc1ccc(-c2cc(C#N)c(C(N)=Nc3ccncc3)c(=O)[nH]2)cc1OC. The molecule has 0 atom stereocenters. The number of benzene rings is 1. The molecule has 0 radical (unpaired) electrons. The maximum Gasteiger partial charge on any atom is 0.260 e. The van der Waals surface area contributed by atoms with E-state index in [-0.39, 0.29) is 17.0 Å². The first-order valence-corrected chi connectivity index (χ1v) is 8.21. The first-order chi connectivity index (χ1) is 13.6. The van der Waals surface area contributed by atoms with Gasteiger partial charge in [-0.05, 0) is 36.4 Å². The smallest absolute Gasteiger partial charge is 0.260 e. The van der Waals surface area contributed by atoms with Crippen LogP contribution in [0.1, 0.15) is 11.1 Å². The van der Waals surface area contributed by atoms with Crippen molar-refractivity contribution in [2.24, 2.45) is 10.7 Å². The molecule has 0 unspecified atom stereocenters. The van der Waals surface area contributed by atoms with Crippen molar-refractivity contribution in [3.05, 3.63) is 70.3 Å². The Morgan fingerprint density at radius 2 is 1.86 bits per heavy atom. The molecule has 0 saturated heterocycles. The minimum atomic E-state index is -0.515. The molecule has 0 aliphatic rings. The van der Waals surface area contributed by atoms with E-state index in [9.17, 15) is 10.1 Å². The standard InChI is InChI=1S/C20H17N5O3/c1-27-16-4-3-12(10-17(16)28-2)15-9-13(11-21)18(20(26)25-15)19(22)24-14-5-7-23-8-6-14/h3-10H,1-2H3,(H,25,26)(H2,22,23,24). The number of nitrogens with one attached hydrogen (secondary N) is 1. The second-order valence-corrected chi connectivity index (χ2v) is 5.68. The van der Waals surface area contributed by atoms with Crippen LogP contribution < -0.4 is 20.8 Å². The number of ether oxygens (including phenoxy) is 2. The van der Waals surface area contributed by atoms with E-state index >= 15 is 0 Å². The number of hydrogen-bond acceptors (Lipinski definition) is 6. The van der Waals surface area contributed by atoms with E-state index in [2.05, 4.69) is 15.0 Å². The molecule has 0 aliphatic carbocycles. The van der Waals surface area contributed by atoms with Crippen molar-refractivity contribution in [1.82, 2.24) is 9.97 Å². The summed E-state index contributed by atoms with van der Waals surface area (Å²) in [5.74, 6) is 1.00. The number of nitrogens with zero attached hydrogens (tertiary/aromatic N) is 3. The van der Waals surface area contributed by atoms with Gasteiger partial charge in [0.15, 0.2) is 11.5 Å². The summed E-state index contributed by atoms with van der Waals surface area (Å²) in [6, 6.07) is 12.0. The number of methoxy groups -OCH3 is 2. The van der Waals surface area contributed by atoms with Gasteiger partial charge in [0.1, 0.15) is 11.9 Å². The zero-order valence-corrected chi connectivity index (χ0v) is 15.3. The van der Waals surface area contributed by atoms with Gasteiger partial charge in [-0.1, -0.05) is 0 Å². The molecule has 1 aromatic carbocycles. The fourth-order valence-electron chi connectivity index (χ4n) is 2.68. The molecule has 0 amide bonds. The molecule has 0 bridgehead atoms. The summed E-state index contributed by atoms with van der Waals surface area (Å²) in [5, 5.41) is 9.54. The summed E-state index contributed by atoms with van der Waals surface area (Å²) in [4.78, 5) is 23.5. The number of nitriles is 1. The van der Waals surface area contributed by atoms with Crippen LogP contribution in [0.4, 0.5) is 5.69 Å². The van der Waals surface area contributed by atoms with Crippen molar-refractivity contribution < 1.29 is 9.47 Å². The van der Waals surface area contributed by atoms with Crippen molar-refractivity contribution >= 4 is 11.5 Å². The third-order valence-electron chi connectivity index (χ3n) is 4.02. The Kier molecular flexibility index (Phi) is 5.37. The maximum atomic E-state index is 12.7. The average molecular weight is 375 g/mol. The van der Waals surface area contributed by atoms with Crippen LogP contribution in [-0.4, -0.2) is 30.0 Å². The lowest BCUT2D eigenvalue weighted by atomic mass is 10.0. The summed E-state index contributed by atoms with van der Waals surface area (Å²) in [5.41, 5.74) is 7.25. The zero-order chi connectivity index (χ0) is 20.1. The Morgan fingerprint density at radius 3 is 2.50 bits per heavy atom. The van der Waals surface area contributed by atoms with E-state index in [1.807, 2.05) is 6.07 Å². The summed E-state index contributed by atoms with van der Waals surface area (Å²) in [6.45, 7) is 0. The summed E-state index contributed by atoms with van der Waals surface area (Å²) >= 11 is 0. The highest BCUT2D eigenvalue weighted by Gasteiger charge is 2.15. The molecule has 8 heteroatoms. The number of amidine groups is 1. The second kappa shape index (κ2) is 8.05. The Morgan fingerprint density at radius 1 is 1.14 bits per heavy atom. The normalized spacial score (nSPS) is 11.0. The predicted octanol–water partition coefficient (Wildman–Crippen LogP) is 2.36. The van der Waals surface area contributed by atoms with Crippen LogP contribution in [0, 0.1) is 11.3 Å². The molecule has 3 rings (SSSR count). The van der Waals surface area contributed by atoms with Gasteiger partial charge in [-0.2, -0.15) is 5.26 Å². The molecule has 0 saturated carbocycles. The zero-order valence-electron chi connectivity index (χ0n) is 15.3. The molecule has 8 nitrogen and oxygen atoms in total. The van der Waals surface area contributed by atoms with Crippen molar-refractivity contribution in [3.8, 4) is 28.8 Å². The largest absolute Gasteiger partial charge is 0.493 e. The molecular formula is C20H17N5O3. The van der Waals surface area contributed by atoms with E-state index < -0.39 is 5.56 Å². The van der Waals surface area contributed by atoms with Gasteiger partial charge >= 0.3 is 0 Å². The second-order valence-electron chi connectivity index (χ2n) is 5.68. The van der Waals surface area contributed by atoms with E-state index in [0.29, 0.717) is 28.4 Å². The Labute approximate surface area is 160 Å². The highest BCUT2D eigenvalue weighted by Crippen LogP contribution is 2.31. The molecule has 2 aromatic heterocycles. The quantitative estimate of drug-likeness (QED) is 0.521. The van der Waals surface area contributed by atoms with Crippen LogP contribution in [0.5, 0.6) is 11.5 Å². The van der Waals surface area contributed by atoms with Gasteiger partial charge < -0.3 is 20.2 Å². The molecule has 0 spiro atoms. The number of aromatic amines is 1. The number of pyridine rings is 2. The van der Waals surface area contributed by atoms with Crippen molar-refractivity contribution in [3.63, 3.8) is 0 Å². The number of rotatable bonds is 5. The topological polar surface area (TPSA) is 126 Å². The van der Waals surface area contributed by atoms with E-state index in [0.717, 1.165) is 0 Å². The summed E-state index contributed by atoms with van der Waals surface area (Å²) in [6.07, 6.45) is 3.11. The Balaban J connectivity index is 2.10. The molecule has 2 heterocycles. The molecule has 3 N–H and O–H groups in total. The number of aliphatic imine (C=N–C) groups is 1. The van der Waals surface area contributed by atoms with Crippen molar-refractivity contribution in [2.75, 3.05) is 14.2 Å². The molecule has 0 aliphatic heterocycles. The minimum absolute atomic E-state index is 0.0172. The maximum absolute atomic E-state index is 12.7. The van der Waals surface area contributed by atoms with Gasteiger partial charge in [0.25, 0.3) is 5.56 Å². The molecular weight excluding hydrogens is 358 g/mol. The van der Waals surface area contributed by atoms with Gasteiger partial charge in [0.05, 0.1) is 31.0 Å². The third kappa shape index (κ3) is 3.68. The van der Waals surface area contributed by atoms with Gasteiger partial charge in [-0.25, -0.2) is 4.99 Å². The van der Waals surface area contributed by atoms with Gasteiger partial charge in [0, 0.05) is 23.7 Å². The van der Waals surface area contributed by atoms with Gasteiger partial charge in [-0.3, -0.25) is 9.78 Å². The molecule has 140 valence electrons. The van der Waals surface area contributed by atoms with Crippen LogP contribution in [-0.2, 0) is 0 Å². The highest BCUT2D eigenvalue weighted by molar-refractivity contribution is 6.01. The Hall–Kier alpha value is -4.12. The van der Waals surface area contributed by atoms with Gasteiger partial charge in [0.2, 0.25) is 0 Å². The number of nitrogens with two attached hydrogens (primary N) is 1. The van der Waals surface area contributed by atoms with Crippen LogP contribution in [0.2, 0.25) is 0 Å². The fourth-order valence-corrected chi connectivity index (χ4v) is 2.68. The lowest BCUT2D eigenvalue weighted by Gasteiger charge is -2.11. The third-order valence-corrected chi connectivity index (χ3v) is 4.02. The highest BCUT2D eigenvalue weighted by atomic mass is 16.5. The van der Waals surface area contributed by atoms with E-state index in [1.165, 1.54) is 14.2 Å². The number of hydrogen-bond donors (Lipinski definition) is 2. The first-order valence-electron chi connectivity index (χ1n) is 8.21. The fraction of sp³-hybridized carbons (Fsp3) is 0.100.